The van der Waals surface area contributed by atoms with Gasteiger partial charge in [-0.3, -0.25) is 4.90 Å². The van der Waals surface area contributed by atoms with Crippen LogP contribution in [0.4, 0.5) is 14.9 Å². The molecule has 2 aliphatic heterocycles. The molecule has 1 atom stereocenters. The van der Waals surface area contributed by atoms with Crippen LogP contribution in [-0.2, 0) is 9.53 Å². The van der Waals surface area contributed by atoms with Gasteiger partial charge in [0, 0.05) is 49.1 Å². The fraction of sp³-hybridized carbons (Fsp3) is 0.333. The average molecular weight is 473 g/mol. The van der Waals surface area contributed by atoms with Gasteiger partial charge >= 0.3 is 12.0 Å². The van der Waals surface area contributed by atoms with E-state index in [0.29, 0.717) is 28.4 Å². The highest BCUT2D eigenvalue weighted by molar-refractivity contribution is 6.30. The van der Waals surface area contributed by atoms with Gasteiger partial charge in [-0.05, 0) is 42.3 Å². The van der Waals surface area contributed by atoms with E-state index in [4.69, 9.17) is 16.3 Å². The molecule has 7 nitrogen and oxygen atoms in total. The number of esters is 1. The van der Waals surface area contributed by atoms with Crippen LogP contribution in [-0.4, -0.2) is 56.7 Å². The molecule has 2 aromatic carbocycles. The molecule has 0 saturated carbocycles. The number of methoxy groups -OCH3 is 1. The monoisotopic (exact) mass is 472 g/mol. The van der Waals surface area contributed by atoms with Gasteiger partial charge in [-0.25, -0.2) is 14.0 Å². The number of piperazine rings is 1. The zero-order valence-corrected chi connectivity index (χ0v) is 19.3. The number of hydrogen-bond acceptors (Lipinski definition) is 5. The number of nitrogens with one attached hydrogen (secondary N) is 2. The number of ether oxygens (including phenoxy) is 1. The van der Waals surface area contributed by atoms with Crippen LogP contribution in [0, 0.1) is 12.7 Å². The molecule has 9 heteroatoms. The molecule has 0 radical (unpaired) electrons. The number of hydrogen-bond donors (Lipinski definition) is 2. The Morgan fingerprint density at radius 3 is 2.52 bits per heavy atom. The SMILES string of the molecule is COC(=O)C1=C(CN2CCN(c3cc(Cl)ccc3C)CC2)NC(=O)N[C@H]1c1ccc(F)cc1. The minimum Gasteiger partial charge on any atom is -0.466 e. The van der Waals surface area contributed by atoms with Crippen molar-refractivity contribution in [2.75, 3.05) is 44.7 Å². The third kappa shape index (κ3) is 5.12. The Kier molecular flexibility index (Phi) is 6.85. The molecular formula is C24H26ClFN4O3. The Morgan fingerprint density at radius 1 is 1.15 bits per heavy atom. The molecule has 2 amide bonds. The van der Waals surface area contributed by atoms with Crippen LogP contribution in [0.1, 0.15) is 17.2 Å². The normalized spacial score (nSPS) is 19.2. The summed E-state index contributed by atoms with van der Waals surface area (Å²) in [7, 11) is 1.30. The summed E-state index contributed by atoms with van der Waals surface area (Å²) in [5, 5.41) is 6.24. The topological polar surface area (TPSA) is 73.9 Å². The molecule has 2 aliphatic rings. The van der Waals surface area contributed by atoms with E-state index in [9.17, 15) is 14.0 Å². The van der Waals surface area contributed by atoms with E-state index in [-0.39, 0.29) is 0 Å². The molecule has 4 rings (SSSR count). The van der Waals surface area contributed by atoms with Crippen LogP contribution < -0.4 is 15.5 Å². The van der Waals surface area contributed by atoms with E-state index in [1.807, 2.05) is 18.2 Å². The third-order valence-corrected chi connectivity index (χ3v) is 6.26. The van der Waals surface area contributed by atoms with Crippen LogP contribution >= 0.6 is 11.6 Å². The van der Waals surface area contributed by atoms with Crippen molar-refractivity contribution in [3.05, 3.63) is 75.7 Å². The maximum atomic E-state index is 13.4. The molecule has 0 aromatic heterocycles. The zero-order valence-electron chi connectivity index (χ0n) is 18.5. The Hall–Kier alpha value is -3.10. The summed E-state index contributed by atoms with van der Waals surface area (Å²) in [5.41, 5.74) is 3.69. The van der Waals surface area contributed by atoms with E-state index >= 15 is 0 Å². The number of nitrogens with zero attached hydrogens (tertiary/aromatic N) is 2. The number of anilines is 1. The summed E-state index contributed by atoms with van der Waals surface area (Å²) < 4.78 is 18.4. The summed E-state index contributed by atoms with van der Waals surface area (Å²) in [6, 6.07) is 10.4. The van der Waals surface area contributed by atoms with Gasteiger partial charge < -0.3 is 20.3 Å². The fourth-order valence-electron chi connectivity index (χ4n) is 4.29. The summed E-state index contributed by atoms with van der Waals surface area (Å²) in [5.74, 6) is -0.935. The first-order valence-corrected chi connectivity index (χ1v) is 11.1. The van der Waals surface area contributed by atoms with Gasteiger partial charge in [0.15, 0.2) is 0 Å². The highest BCUT2D eigenvalue weighted by Crippen LogP contribution is 2.29. The molecule has 0 aliphatic carbocycles. The van der Waals surface area contributed by atoms with Gasteiger partial charge in [-0.15, -0.1) is 0 Å². The highest BCUT2D eigenvalue weighted by atomic mass is 35.5. The number of aryl methyl sites for hydroxylation is 1. The minimum atomic E-state index is -0.725. The molecular weight excluding hydrogens is 447 g/mol. The smallest absolute Gasteiger partial charge is 0.338 e. The number of urea groups is 1. The maximum Gasteiger partial charge on any atom is 0.338 e. The lowest BCUT2D eigenvalue weighted by Crippen LogP contribution is -2.51. The number of carbonyl (C=O) groups excluding carboxylic acids is 2. The second-order valence-corrected chi connectivity index (χ2v) is 8.60. The number of benzene rings is 2. The van der Waals surface area contributed by atoms with Crippen LogP contribution in [0.15, 0.2) is 53.7 Å². The first-order valence-electron chi connectivity index (χ1n) is 10.7. The van der Waals surface area contributed by atoms with E-state index in [2.05, 4.69) is 27.4 Å². The Bertz CT molecular complexity index is 1080. The maximum absolute atomic E-state index is 13.4. The van der Waals surface area contributed by atoms with Crippen molar-refractivity contribution in [3.63, 3.8) is 0 Å². The average Bonchev–Trinajstić information content (AvgIpc) is 2.81. The van der Waals surface area contributed by atoms with Gasteiger partial charge in [-0.1, -0.05) is 29.8 Å². The van der Waals surface area contributed by atoms with Crippen LogP contribution in [0.3, 0.4) is 0 Å². The Morgan fingerprint density at radius 2 is 1.85 bits per heavy atom. The lowest BCUT2D eigenvalue weighted by Gasteiger charge is -2.38. The van der Waals surface area contributed by atoms with Gasteiger partial charge in [0.25, 0.3) is 0 Å². The zero-order chi connectivity index (χ0) is 23.5. The Balaban J connectivity index is 1.54. The summed E-state index contributed by atoms with van der Waals surface area (Å²) in [6.07, 6.45) is 0. The molecule has 2 heterocycles. The van der Waals surface area contributed by atoms with Crippen molar-refractivity contribution in [2.24, 2.45) is 0 Å². The second kappa shape index (κ2) is 9.80. The lowest BCUT2D eigenvalue weighted by atomic mass is 9.95. The van der Waals surface area contributed by atoms with Crippen molar-refractivity contribution in [1.82, 2.24) is 15.5 Å². The molecule has 0 bridgehead atoms. The van der Waals surface area contributed by atoms with Crippen molar-refractivity contribution in [2.45, 2.75) is 13.0 Å². The molecule has 2 N–H and O–H groups in total. The standard InChI is InChI=1S/C24H26ClFN4O3/c1-15-3-6-17(25)13-20(15)30-11-9-29(10-12-30)14-19-21(23(31)33-2)22(28-24(32)27-19)16-4-7-18(26)8-5-16/h3-8,13,22H,9-12,14H2,1-2H3,(H2,27,28,32)/t22-/m0/s1. The molecule has 33 heavy (non-hydrogen) atoms. The Labute approximate surface area is 197 Å². The quantitative estimate of drug-likeness (QED) is 0.652. The van der Waals surface area contributed by atoms with Gasteiger partial charge in [0.2, 0.25) is 0 Å². The second-order valence-electron chi connectivity index (χ2n) is 8.16. The lowest BCUT2D eigenvalue weighted by molar-refractivity contribution is -0.136. The number of halogens is 2. The molecule has 1 saturated heterocycles. The number of rotatable bonds is 5. The summed E-state index contributed by atoms with van der Waals surface area (Å²) >= 11 is 6.19. The van der Waals surface area contributed by atoms with E-state index in [1.54, 1.807) is 12.1 Å². The predicted octanol–water partition coefficient (Wildman–Crippen LogP) is 3.39. The fourth-order valence-corrected chi connectivity index (χ4v) is 4.46. The van der Waals surface area contributed by atoms with Crippen molar-refractivity contribution >= 4 is 29.3 Å². The third-order valence-electron chi connectivity index (χ3n) is 6.03. The summed E-state index contributed by atoms with van der Waals surface area (Å²) in [6.45, 7) is 5.51. The molecule has 1 fully saturated rings. The van der Waals surface area contributed by atoms with E-state index < -0.39 is 23.9 Å². The summed E-state index contributed by atoms with van der Waals surface area (Å²) in [4.78, 5) is 29.6. The van der Waals surface area contributed by atoms with Gasteiger partial charge in [0.1, 0.15) is 5.82 Å². The first-order chi connectivity index (χ1) is 15.9. The van der Waals surface area contributed by atoms with E-state index in [1.165, 1.54) is 19.2 Å². The largest absolute Gasteiger partial charge is 0.466 e. The van der Waals surface area contributed by atoms with Crippen LogP contribution in [0.5, 0.6) is 0 Å². The molecule has 0 spiro atoms. The number of carbonyl (C=O) groups is 2. The first kappa shape index (κ1) is 23.1. The van der Waals surface area contributed by atoms with Crippen LogP contribution in [0.2, 0.25) is 5.02 Å². The number of amides is 2. The van der Waals surface area contributed by atoms with E-state index in [0.717, 1.165) is 37.4 Å². The predicted molar refractivity (Wildman–Crippen MR) is 125 cm³/mol. The minimum absolute atomic E-state index is 0.317. The van der Waals surface area contributed by atoms with Crippen molar-refractivity contribution in [3.8, 4) is 0 Å². The molecule has 174 valence electrons. The van der Waals surface area contributed by atoms with Gasteiger partial charge in [0.05, 0.1) is 18.7 Å². The van der Waals surface area contributed by atoms with Crippen molar-refractivity contribution in [1.29, 1.82) is 0 Å². The highest BCUT2D eigenvalue weighted by Gasteiger charge is 2.34. The molecule has 2 aromatic rings. The van der Waals surface area contributed by atoms with Gasteiger partial charge in [-0.2, -0.15) is 0 Å². The van der Waals surface area contributed by atoms with Crippen LogP contribution in [0.25, 0.3) is 0 Å². The molecule has 0 unspecified atom stereocenters. The van der Waals surface area contributed by atoms with Crippen molar-refractivity contribution < 1.29 is 18.7 Å².